The average Bonchev–Trinajstić information content (AvgIpc) is 3.78. The normalized spacial score (nSPS) is 17.1. The van der Waals surface area contributed by atoms with Crippen molar-refractivity contribution in [3.8, 4) is 39.1 Å². The summed E-state index contributed by atoms with van der Waals surface area (Å²) in [6.07, 6.45) is 5.17. The van der Waals surface area contributed by atoms with Gasteiger partial charge in [0, 0.05) is 33.4 Å². The molecule has 0 saturated heterocycles. The largest absolute Gasteiger partial charge is 0.489 e. The van der Waals surface area contributed by atoms with Crippen molar-refractivity contribution in [3.63, 3.8) is 0 Å². The number of hydrogen-bond acceptors (Lipinski definition) is 2. The molecule has 10 aromatic rings. The predicted molar refractivity (Wildman–Crippen MR) is 217 cm³/mol. The van der Waals surface area contributed by atoms with Gasteiger partial charge in [0.2, 0.25) is 0 Å². The highest BCUT2D eigenvalue weighted by atomic mass is 16.5. The lowest BCUT2D eigenvalue weighted by Crippen LogP contribution is -2.22. The maximum Gasteiger partial charge on any atom is 0.143 e. The van der Waals surface area contributed by atoms with Gasteiger partial charge in [0.05, 0.1) is 0 Å². The highest BCUT2D eigenvalue weighted by molar-refractivity contribution is 6.30. The molecular weight excluding hydrogens is 633 g/mol. The van der Waals surface area contributed by atoms with Crippen molar-refractivity contribution in [2.24, 2.45) is 0 Å². The topological polar surface area (TPSA) is 22.4 Å². The Morgan fingerprint density at radius 3 is 2.13 bits per heavy atom. The van der Waals surface area contributed by atoms with Crippen molar-refractivity contribution in [1.29, 1.82) is 0 Å². The van der Waals surface area contributed by atoms with Gasteiger partial charge >= 0.3 is 0 Å². The van der Waals surface area contributed by atoms with E-state index < -0.39 is 0 Å². The number of benzene rings is 9. The van der Waals surface area contributed by atoms with Crippen molar-refractivity contribution in [3.05, 3.63) is 151 Å². The quantitative estimate of drug-likeness (QED) is 0.175. The van der Waals surface area contributed by atoms with Crippen LogP contribution in [-0.4, -0.2) is 6.10 Å². The molecule has 2 nitrogen and oxygen atoms in total. The minimum absolute atomic E-state index is 0.285. The van der Waals surface area contributed by atoms with Crippen LogP contribution in [0.3, 0.4) is 0 Å². The summed E-state index contributed by atoms with van der Waals surface area (Å²) in [6.45, 7) is 0. The van der Waals surface area contributed by atoms with Crippen LogP contribution in [0.15, 0.2) is 150 Å². The molecular formula is C50H34O2. The van der Waals surface area contributed by atoms with Crippen LogP contribution in [-0.2, 0) is 0 Å². The van der Waals surface area contributed by atoms with Gasteiger partial charge in [0.25, 0.3) is 0 Å². The summed E-state index contributed by atoms with van der Waals surface area (Å²) in [5.74, 6) is 1.59. The smallest absolute Gasteiger partial charge is 0.143 e. The van der Waals surface area contributed by atoms with Crippen molar-refractivity contribution in [2.75, 3.05) is 0 Å². The molecule has 52 heavy (non-hydrogen) atoms. The van der Waals surface area contributed by atoms with Gasteiger partial charge in [0.15, 0.2) is 0 Å². The summed E-state index contributed by atoms with van der Waals surface area (Å²) in [7, 11) is 0. The minimum Gasteiger partial charge on any atom is -0.489 e. The van der Waals surface area contributed by atoms with Crippen LogP contribution < -0.4 is 4.74 Å². The van der Waals surface area contributed by atoms with E-state index in [9.17, 15) is 0 Å². The summed E-state index contributed by atoms with van der Waals surface area (Å²) in [5, 5.41) is 12.4. The van der Waals surface area contributed by atoms with E-state index in [0.717, 1.165) is 39.7 Å². The second kappa shape index (κ2) is 10.7. The molecule has 1 saturated carbocycles. The fourth-order valence-corrected chi connectivity index (χ4v) is 9.85. The first-order valence-corrected chi connectivity index (χ1v) is 18.7. The van der Waals surface area contributed by atoms with Crippen LogP contribution in [0, 0.1) is 0 Å². The Hall–Kier alpha value is -6.12. The van der Waals surface area contributed by atoms with Crippen LogP contribution in [0.2, 0.25) is 0 Å². The van der Waals surface area contributed by atoms with Gasteiger partial charge in [-0.3, -0.25) is 0 Å². The molecule has 2 aliphatic rings. The zero-order chi connectivity index (χ0) is 33.9. The van der Waals surface area contributed by atoms with E-state index in [0.29, 0.717) is 5.92 Å². The van der Waals surface area contributed by atoms with E-state index in [1.165, 1.54) is 95.7 Å². The Morgan fingerprint density at radius 1 is 0.442 bits per heavy atom. The molecule has 1 aromatic heterocycles. The summed E-state index contributed by atoms with van der Waals surface area (Å²) in [4.78, 5) is 0. The van der Waals surface area contributed by atoms with E-state index >= 15 is 0 Å². The van der Waals surface area contributed by atoms with Gasteiger partial charge in [-0.15, -0.1) is 0 Å². The first-order valence-electron chi connectivity index (χ1n) is 18.7. The van der Waals surface area contributed by atoms with Crippen molar-refractivity contribution in [2.45, 2.75) is 37.7 Å². The summed E-state index contributed by atoms with van der Waals surface area (Å²) in [5.41, 5.74) is 10.5. The first kappa shape index (κ1) is 28.6. The molecule has 246 valence electrons. The van der Waals surface area contributed by atoms with Crippen molar-refractivity contribution in [1.82, 2.24) is 0 Å². The Labute approximate surface area is 301 Å². The molecule has 12 rings (SSSR count). The molecule has 0 amide bonds. The van der Waals surface area contributed by atoms with Crippen LogP contribution in [0.25, 0.3) is 98.4 Å². The van der Waals surface area contributed by atoms with Crippen molar-refractivity contribution < 1.29 is 9.15 Å². The fourth-order valence-electron chi connectivity index (χ4n) is 9.85. The standard InChI is InChI=1S/C50H34O2/c1-2-10-31-27-32(20-19-29(31)9-1)43-28-44(42-16-8-15-41-35-12-4-6-18-46(35)52-50(41)42)38-24-22-30-21-23-33(36-25-26-37(43)48(38)47(30)36)39-13-7-14-40-34-11-3-5-17-45(34)51-49(39)40/h1-3,5,7-11,13-17,19-28,35,46H,4,6,12,18H2. The third-order valence-corrected chi connectivity index (χ3v) is 12.2. The van der Waals surface area contributed by atoms with Crippen LogP contribution in [0.4, 0.5) is 0 Å². The van der Waals surface area contributed by atoms with Gasteiger partial charge in [-0.2, -0.15) is 0 Å². The number of fused-ring (bicyclic) bond motifs is 7. The van der Waals surface area contributed by atoms with Crippen LogP contribution in [0.5, 0.6) is 5.75 Å². The molecule has 0 bridgehead atoms. The third kappa shape index (κ3) is 3.95. The van der Waals surface area contributed by atoms with Crippen molar-refractivity contribution >= 4 is 65.0 Å². The van der Waals surface area contributed by atoms with Gasteiger partial charge in [-0.25, -0.2) is 0 Å². The molecule has 0 spiro atoms. The van der Waals surface area contributed by atoms with Crippen LogP contribution >= 0.6 is 0 Å². The maximum atomic E-state index is 6.92. The number of furan rings is 1. The Morgan fingerprint density at radius 2 is 1.17 bits per heavy atom. The summed E-state index contributed by atoms with van der Waals surface area (Å²) >= 11 is 0. The highest BCUT2D eigenvalue weighted by Crippen LogP contribution is 2.53. The van der Waals surface area contributed by atoms with Gasteiger partial charge in [-0.1, -0.05) is 134 Å². The van der Waals surface area contributed by atoms with E-state index in [1.807, 2.05) is 6.07 Å². The fraction of sp³-hybridized carbons (Fsp3) is 0.120. The van der Waals surface area contributed by atoms with Crippen LogP contribution in [0.1, 0.15) is 37.2 Å². The molecule has 2 atom stereocenters. The Balaban J connectivity index is 1.18. The van der Waals surface area contributed by atoms with E-state index in [2.05, 4.69) is 140 Å². The molecule has 9 aromatic carbocycles. The zero-order valence-corrected chi connectivity index (χ0v) is 28.7. The molecule has 0 radical (unpaired) electrons. The predicted octanol–water partition coefficient (Wildman–Crippen LogP) is 14.1. The Kier molecular flexibility index (Phi) is 5.88. The lowest BCUT2D eigenvalue weighted by molar-refractivity contribution is 0.164. The number of para-hydroxylation sites is 3. The maximum absolute atomic E-state index is 6.92. The lowest BCUT2D eigenvalue weighted by atomic mass is 9.81. The average molecular weight is 667 g/mol. The van der Waals surface area contributed by atoms with Gasteiger partial charge in [-0.05, 0) is 103 Å². The number of rotatable bonds is 3. The molecule has 2 heteroatoms. The summed E-state index contributed by atoms with van der Waals surface area (Å²) in [6, 6.07) is 53.8. The van der Waals surface area contributed by atoms with E-state index in [4.69, 9.17) is 9.15 Å². The molecule has 0 N–H and O–H groups in total. The monoisotopic (exact) mass is 666 g/mol. The first-order chi connectivity index (χ1) is 25.8. The van der Waals surface area contributed by atoms with Gasteiger partial charge < -0.3 is 9.15 Å². The SMILES string of the molecule is c1cc(-c2cc(-c3ccc4ccccc4c3)c3ccc4c(-c5cccc6c5oc5ccccc56)ccc5ccc2c3c54)c2c(c1)C1CCCCC1O2. The molecule has 1 aliphatic carbocycles. The highest BCUT2D eigenvalue weighted by Gasteiger charge is 2.37. The third-order valence-electron chi connectivity index (χ3n) is 12.2. The molecule has 1 fully saturated rings. The van der Waals surface area contributed by atoms with E-state index in [1.54, 1.807) is 0 Å². The Bertz CT molecular complexity index is 3070. The zero-order valence-electron chi connectivity index (χ0n) is 28.7. The van der Waals surface area contributed by atoms with E-state index in [-0.39, 0.29) is 6.10 Å². The second-order valence-electron chi connectivity index (χ2n) is 14.9. The lowest BCUT2D eigenvalue weighted by Gasteiger charge is -2.23. The number of ether oxygens (including phenoxy) is 1. The summed E-state index contributed by atoms with van der Waals surface area (Å²) < 4.78 is 13.5. The molecule has 2 heterocycles. The molecule has 2 unspecified atom stereocenters. The minimum atomic E-state index is 0.285. The molecule has 1 aliphatic heterocycles. The second-order valence-corrected chi connectivity index (χ2v) is 14.9. The van der Waals surface area contributed by atoms with Gasteiger partial charge in [0.1, 0.15) is 23.0 Å². The number of hydrogen-bond donors (Lipinski definition) is 0.